The first-order valence-corrected chi connectivity index (χ1v) is 10.7. The number of pyridine rings is 2. The first kappa shape index (κ1) is 19.7. The van der Waals surface area contributed by atoms with E-state index in [4.69, 9.17) is 4.74 Å². The number of hydrogen-bond donors (Lipinski definition) is 2. The van der Waals surface area contributed by atoms with Gasteiger partial charge in [0.15, 0.2) is 5.65 Å². The van der Waals surface area contributed by atoms with Crippen LogP contribution in [0.4, 0.5) is 16.3 Å². The Bertz CT molecular complexity index is 1140. The lowest BCUT2D eigenvalue weighted by Crippen LogP contribution is -2.35. The van der Waals surface area contributed by atoms with Gasteiger partial charge in [-0.2, -0.15) is 10.1 Å². The smallest absolute Gasteiger partial charge is 0.327 e. The van der Waals surface area contributed by atoms with E-state index < -0.39 is 0 Å². The fourth-order valence-corrected chi connectivity index (χ4v) is 4.79. The van der Waals surface area contributed by atoms with Gasteiger partial charge in [0.25, 0.3) is 0 Å². The molecule has 2 N–H and O–H groups in total. The summed E-state index contributed by atoms with van der Waals surface area (Å²) in [6, 6.07) is 4.24. The topological polar surface area (TPSA) is 97.2 Å². The Labute approximate surface area is 180 Å². The second-order valence-electron chi connectivity index (χ2n) is 8.37. The highest BCUT2D eigenvalue weighted by Crippen LogP contribution is 2.37. The van der Waals surface area contributed by atoms with Crippen molar-refractivity contribution in [3.05, 3.63) is 35.7 Å². The summed E-state index contributed by atoms with van der Waals surface area (Å²) in [5.74, 6) is 1.60. The zero-order chi connectivity index (χ0) is 21.5. The third-order valence-electron chi connectivity index (χ3n) is 6.23. The van der Waals surface area contributed by atoms with Gasteiger partial charge in [0.1, 0.15) is 11.5 Å². The van der Waals surface area contributed by atoms with E-state index in [-0.39, 0.29) is 6.03 Å². The minimum Gasteiger partial charge on any atom is -0.479 e. The molecule has 0 spiro atoms. The van der Waals surface area contributed by atoms with E-state index in [9.17, 15) is 4.79 Å². The molecular formula is C22H27N7O2. The molecule has 3 aromatic heterocycles. The zero-order valence-electron chi connectivity index (χ0n) is 18.1. The molecule has 0 radical (unpaired) electrons. The zero-order valence-corrected chi connectivity index (χ0v) is 18.1. The van der Waals surface area contributed by atoms with Gasteiger partial charge in [-0.25, -0.2) is 9.78 Å². The van der Waals surface area contributed by atoms with Crippen molar-refractivity contribution in [1.29, 1.82) is 0 Å². The van der Waals surface area contributed by atoms with Crippen molar-refractivity contribution in [3.63, 3.8) is 0 Å². The van der Waals surface area contributed by atoms with Crippen LogP contribution in [0.1, 0.15) is 36.8 Å². The van der Waals surface area contributed by atoms with E-state index in [0.717, 1.165) is 37.0 Å². The second-order valence-corrected chi connectivity index (χ2v) is 8.37. The molecule has 1 unspecified atom stereocenters. The van der Waals surface area contributed by atoms with Gasteiger partial charge in [-0.05, 0) is 56.3 Å². The predicted octanol–water partition coefficient (Wildman–Crippen LogP) is 2.82. The van der Waals surface area contributed by atoms with E-state index in [0.29, 0.717) is 35.7 Å². The van der Waals surface area contributed by atoms with E-state index in [1.165, 1.54) is 18.2 Å². The number of piperidine rings is 1. The van der Waals surface area contributed by atoms with Gasteiger partial charge in [0, 0.05) is 43.0 Å². The Kier molecular flexibility index (Phi) is 4.97. The third-order valence-corrected chi connectivity index (χ3v) is 6.23. The molecule has 1 saturated heterocycles. The molecule has 2 amide bonds. The number of fused-ring (bicyclic) bond motifs is 2. The number of aryl methyl sites for hydroxylation is 1. The molecule has 2 aliphatic heterocycles. The molecule has 9 heteroatoms. The fourth-order valence-electron chi connectivity index (χ4n) is 4.79. The number of carbonyl (C=O) groups is 1. The Balaban J connectivity index is 1.41. The predicted molar refractivity (Wildman–Crippen MR) is 119 cm³/mol. The summed E-state index contributed by atoms with van der Waals surface area (Å²) in [7, 11) is 3.37. The van der Waals surface area contributed by atoms with Crippen LogP contribution in [-0.4, -0.2) is 52.0 Å². The first-order chi connectivity index (χ1) is 15.0. The van der Waals surface area contributed by atoms with E-state index in [1.807, 2.05) is 25.5 Å². The standard InChI is InChI=1S/C22H27N7O2/c1-13-10-14(4-7-23-13)16-5-8-24-20-17(16)6-9-29(20)22(30)25-18-11-15-12-28(2)27-19(15)26-21(18)31-3/h5,8,11-14,23H,4,6-7,9-10H2,1-3H3,(H,25,30)/t13-,14?/m0/s1. The molecule has 5 rings (SSSR count). The molecule has 31 heavy (non-hydrogen) atoms. The molecule has 2 aliphatic rings. The molecule has 0 aliphatic carbocycles. The average Bonchev–Trinajstić information content (AvgIpc) is 3.35. The summed E-state index contributed by atoms with van der Waals surface area (Å²) in [6.07, 6.45) is 6.73. The number of anilines is 2. The molecule has 0 bridgehead atoms. The number of aromatic nitrogens is 4. The van der Waals surface area contributed by atoms with Crippen molar-refractivity contribution in [2.45, 2.75) is 38.1 Å². The van der Waals surface area contributed by atoms with Gasteiger partial charge >= 0.3 is 6.03 Å². The molecular weight excluding hydrogens is 394 g/mol. The van der Waals surface area contributed by atoms with Crippen molar-refractivity contribution in [3.8, 4) is 5.88 Å². The number of nitrogens with zero attached hydrogens (tertiary/aromatic N) is 5. The lowest BCUT2D eigenvalue weighted by atomic mass is 9.84. The number of hydrogen-bond acceptors (Lipinski definition) is 6. The molecule has 9 nitrogen and oxygen atoms in total. The van der Waals surface area contributed by atoms with Crippen LogP contribution in [0.15, 0.2) is 24.5 Å². The SMILES string of the molecule is COc1nc2nn(C)cc2cc1NC(=O)N1CCc2c(C3CCN[C@@H](C)C3)ccnc21. The first-order valence-electron chi connectivity index (χ1n) is 10.7. The number of nitrogens with one attached hydrogen (secondary N) is 2. The maximum atomic E-state index is 13.2. The summed E-state index contributed by atoms with van der Waals surface area (Å²) in [6.45, 7) is 3.86. The van der Waals surface area contributed by atoms with Gasteiger partial charge in [-0.3, -0.25) is 9.58 Å². The van der Waals surface area contributed by atoms with Crippen LogP contribution >= 0.6 is 0 Å². The van der Waals surface area contributed by atoms with Crippen LogP contribution in [0, 0.1) is 0 Å². The van der Waals surface area contributed by atoms with Gasteiger partial charge in [-0.1, -0.05) is 0 Å². The minimum absolute atomic E-state index is 0.231. The second kappa shape index (κ2) is 7.81. The van der Waals surface area contributed by atoms with Crippen molar-refractivity contribution in [1.82, 2.24) is 25.1 Å². The quantitative estimate of drug-likeness (QED) is 0.675. The van der Waals surface area contributed by atoms with Crippen molar-refractivity contribution in [2.24, 2.45) is 7.05 Å². The van der Waals surface area contributed by atoms with Gasteiger partial charge in [0.05, 0.1) is 7.11 Å². The maximum absolute atomic E-state index is 13.2. The Hall–Kier alpha value is -3.20. The van der Waals surface area contributed by atoms with E-state index in [2.05, 4.69) is 38.7 Å². The normalized spacial score (nSPS) is 20.7. The Morgan fingerprint density at radius 1 is 1.39 bits per heavy atom. The highest BCUT2D eigenvalue weighted by molar-refractivity contribution is 6.04. The summed E-state index contributed by atoms with van der Waals surface area (Å²) < 4.78 is 7.08. The van der Waals surface area contributed by atoms with Crippen molar-refractivity contribution >= 4 is 28.6 Å². The monoisotopic (exact) mass is 421 g/mol. The molecule has 0 aromatic carbocycles. The Morgan fingerprint density at radius 2 is 2.26 bits per heavy atom. The molecule has 2 atom stereocenters. The van der Waals surface area contributed by atoms with Crippen LogP contribution in [0.25, 0.3) is 11.0 Å². The number of rotatable bonds is 3. The van der Waals surface area contributed by atoms with Crippen molar-refractivity contribution in [2.75, 3.05) is 30.4 Å². The molecule has 162 valence electrons. The number of methoxy groups -OCH3 is 1. The minimum atomic E-state index is -0.231. The number of amides is 2. The highest BCUT2D eigenvalue weighted by atomic mass is 16.5. The third kappa shape index (κ3) is 3.59. The van der Waals surface area contributed by atoms with Gasteiger partial charge < -0.3 is 15.4 Å². The molecule has 0 saturated carbocycles. The van der Waals surface area contributed by atoms with Gasteiger partial charge in [0.2, 0.25) is 5.88 Å². The van der Waals surface area contributed by atoms with Crippen LogP contribution in [0.3, 0.4) is 0 Å². The van der Waals surface area contributed by atoms with Crippen LogP contribution < -0.4 is 20.3 Å². The van der Waals surface area contributed by atoms with Gasteiger partial charge in [-0.15, -0.1) is 0 Å². The summed E-state index contributed by atoms with van der Waals surface area (Å²) in [5.41, 5.74) is 3.63. The molecule has 5 heterocycles. The number of ether oxygens (including phenoxy) is 1. The number of carbonyl (C=O) groups excluding carboxylic acids is 1. The maximum Gasteiger partial charge on any atom is 0.327 e. The van der Waals surface area contributed by atoms with Crippen LogP contribution in [0.2, 0.25) is 0 Å². The highest BCUT2D eigenvalue weighted by Gasteiger charge is 2.31. The lowest BCUT2D eigenvalue weighted by molar-refractivity contribution is 0.257. The van der Waals surface area contributed by atoms with Crippen LogP contribution in [-0.2, 0) is 13.5 Å². The Morgan fingerprint density at radius 3 is 3.06 bits per heavy atom. The van der Waals surface area contributed by atoms with E-state index >= 15 is 0 Å². The summed E-state index contributed by atoms with van der Waals surface area (Å²) in [4.78, 5) is 23.9. The fraction of sp³-hybridized carbons (Fsp3) is 0.455. The van der Waals surface area contributed by atoms with Crippen LogP contribution in [0.5, 0.6) is 5.88 Å². The molecule has 1 fully saturated rings. The lowest BCUT2D eigenvalue weighted by Gasteiger charge is -2.29. The largest absolute Gasteiger partial charge is 0.479 e. The van der Waals surface area contributed by atoms with E-state index in [1.54, 1.807) is 9.58 Å². The summed E-state index contributed by atoms with van der Waals surface area (Å²) >= 11 is 0. The van der Waals surface area contributed by atoms with Crippen molar-refractivity contribution < 1.29 is 9.53 Å². The average molecular weight is 422 g/mol. The number of urea groups is 1. The molecule has 3 aromatic rings. The summed E-state index contributed by atoms with van der Waals surface area (Å²) in [5, 5.41) is 11.6.